The van der Waals surface area contributed by atoms with Crippen molar-refractivity contribution in [3.05, 3.63) is 81.8 Å². The Morgan fingerprint density at radius 2 is 1.77 bits per heavy atom. The Kier molecular flexibility index (Phi) is 10.6. The van der Waals surface area contributed by atoms with E-state index in [1.807, 2.05) is 0 Å². The van der Waals surface area contributed by atoms with Gasteiger partial charge in [0.2, 0.25) is 0 Å². The third-order valence-electron chi connectivity index (χ3n) is 10.5. The first-order valence-corrected chi connectivity index (χ1v) is 15.7. The molecular weight excluding hydrogens is 544 g/mol. The molecule has 0 heterocycles. The fourth-order valence-electron chi connectivity index (χ4n) is 7.48. The number of ether oxygens (including phenoxy) is 1. The number of nitrogens with zero attached hydrogens (tertiary/aromatic N) is 2. The second kappa shape index (κ2) is 13.8. The second-order valence-electron chi connectivity index (χ2n) is 13.5. The number of anilines is 2. The van der Waals surface area contributed by atoms with E-state index in [4.69, 9.17) is 4.74 Å². The van der Waals surface area contributed by atoms with Crippen LogP contribution in [0.2, 0.25) is 0 Å². The minimum atomic E-state index is -0.743. The van der Waals surface area contributed by atoms with E-state index in [0.717, 1.165) is 35.8 Å². The predicted molar refractivity (Wildman–Crippen MR) is 171 cm³/mol. The van der Waals surface area contributed by atoms with Crippen LogP contribution in [0.5, 0.6) is 0 Å². The first kappa shape index (κ1) is 33.0. The van der Waals surface area contributed by atoms with Crippen molar-refractivity contribution < 1.29 is 19.9 Å². The summed E-state index contributed by atoms with van der Waals surface area (Å²) in [6.07, 6.45) is 16.8. The summed E-state index contributed by atoms with van der Waals surface area (Å²) in [5.74, 6) is 2.30. The molecule has 0 aromatic heterocycles. The van der Waals surface area contributed by atoms with Gasteiger partial charge < -0.3 is 20.4 Å². The highest BCUT2D eigenvalue weighted by Crippen LogP contribution is 2.59. The van der Waals surface area contributed by atoms with Crippen molar-refractivity contribution in [2.75, 3.05) is 10.5 Å². The van der Waals surface area contributed by atoms with Gasteiger partial charge in [-0.1, -0.05) is 76.6 Å². The lowest BCUT2D eigenvalue weighted by Crippen LogP contribution is -2.35. The minimum Gasteiger partial charge on any atom is -0.769 e. The van der Waals surface area contributed by atoms with E-state index in [-0.39, 0.29) is 16.5 Å². The van der Waals surface area contributed by atoms with Crippen LogP contribution in [0.4, 0.5) is 11.4 Å². The van der Waals surface area contributed by atoms with E-state index in [1.54, 1.807) is 0 Å². The van der Waals surface area contributed by atoms with Crippen LogP contribution in [-0.2, 0) is 4.74 Å². The van der Waals surface area contributed by atoms with E-state index in [0.29, 0.717) is 54.3 Å². The fraction of sp³-hybridized carbons (Fsp3) is 0.571. The molecule has 8 nitrogen and oxygen atoms in total. The summed E-state index contributed by atoms with van der Waals surface area (Å²) < 4.78 is 5.75. The zero-order valence-electron chi connectivity index (χ0n) is 26.3. The standard InChI is InChI=1S/C35H48N2O6/c1-22(2)23(3)9-10-25(5)32-15-16-33-26(8-7-17-35(32,33)6)12-13-27-20-31(14-11-24(27)4)43-34(38)28-18-29(36(39)40)21-30(19-28)37(41)42/h9-10,12-13,18-19,21-23,25,31-33,39-40H,4,7-8,11,14-17,20H2,1-3,5-6H3/q-2/t23-,25-,31+,32+,33+,35+/m0/s1. The van der Waals surface area contributed by atoms with E-state index in [2.05, 4.69) is 65.5 Å². The zero-order valence-corrected chi connectivity index (χ0v) is 26.3. The molecule has 0 amide bonds. The molecule has 0 unspecified atom stereocenters. The lowest BCUT2D eigenvalue weighted by atomic mass is 9.61. The number of fused-ring (bicyclic) bond motifs is 1. The van der Waals surface area contributed by atoms with Gasteiger partial charge in [-0.2, -0.15) is 0 Å². The molecule has 1 aromatic carbocycles. The maximum absolute atomic E-state index is 12.9. The van der Waals surface area contributed by atoms with Crippen molar-refractivity contribution in [1.82, 2.24) is 0 Å². The highest BCUT2D eigenvalue weighted by Gasteiger charge is 2.50. The van der Waals surface area contributed by atoms with Crippen LogP contribution in [0.15, 0.2) is 65.8 Å². The molecule has 0 radical (unpaired) electrons. The van der Waals surface area contributed by atoms with E-state index in [1.165, 1.54) is 31.3 Å². The molecule has 4 rings (SSSR count). The number of hydrogen-bond donors (Lipinski definition) is 2. The monoisotopic (exact) mass is 592 g/mol. The average Bonchev–Trinajstić information content (AvgIpc) is 3.33. The van der Waals surface area contributed by atoms with Gasteiger partial charge in [0.05, 0.1) is 11.3 Å². The maximum atomic E-state index is 12.9. The summed E-state index contributed by atoms with van der Waals surface area (Å²) in [4.78, 5) is 12.9. The molecule has 3 fully saturated rings. The molecule has 236 valence electrons. The first-order chi connectivity index (χ1) is 20.3. The van der Waals surface area contributed by atoms with Gasteiger partial charge in [0.15, 0.2) is 0 Å². The third-order valence-corrected chi connectivity index (χ3v) is 10.5. The number of rotatable bonds is 9. The molecule has 0 saturated heterocycles. The Labute approximate surface area is 256 Å². The SMILES string of the molecule is C=C1CC[C@@H](OC(=O)c2cc(N([O-])[O-])cc(N(O)O)c2)CC1=CC=C1CCC[C@@]2(C)[C@@H]1CC[C@@H]2[C@@H](C)C=C[C@H](C)C(C)C. The Morgan fingerprint density at radius 1 is 1.05 bits per heavy atom. The molecule has 3 aliphatic carbocycles. The molecule has 0 aliphatic heterocycles. The molecule has 1 aromatic rings. The molecule has 43 heavy (non-hydrogen) atoms. The maximum Gasteiger partial charge on any atom is 0.338 e. The van der Waals surface area contributed by atoms with Crippen LogP contribution in [0.25, 0.3) is 0 Å². The Hall–Kier alpha value is -2.91. The number of benzene rings is 1. The van der Waals surface area contributed by atoms with Crippen molar-refractivity contribution in [3.63, 3.8) is 0 Å². The second-order valence-corrected chi connectivity index (χ2v) is 13.5. The molecule has 2 N–H and O–H groups in total. The molecule has 8 heteroatoms. The van der Waals surface area contributed by atoms with Crippen molar-refractivity contribution in [3.8, 4) is 0 Å². The van der Waals surface area contributed by atoms with Gasteiger partial charge in [0, 0.05) is 12.1 Å². The predicted octanol–water partition coefficient (Wildman–Crippen LogP) is 8.89. The molecule has 3 saturated carbocycles. The highest BCUT2D eigenvalue weighted by atomic mass is 16.8. The summed E-state index contributed by atoms with van der Waals surface area (Å²) in [6, 6.07) is 3.19. The van der Waals surface area contributed by atoms with Gasteiger partial charge in [0.25, 0.3) is 0 Å². The molecule has 6 atom stereocenters. The van der Waals surface area contributed by atoms with E-state index in [9.17, 15) is 25.6 Å². The minimum absolute atomic E-state index is 0.116. The van der Waals surface area contributed by atoms with Crippen LogP contribution in [-0.4, -0.2) is 22.5 Å². The van der Waals surface area contributed by atoms with E-state index < -0.39 is 23.0 Å². The van der Waals surface area contributed by atoms with Gasteiger partial charge in [-0.15, -0.1) is 5.23 Å². The Bertz CT molecular complexity index is 1240. The largest absolute Gasteiger partial charge is 0.769 e. The quantitative estimate of drug-likeness (QED) is 0.166. The van der Waals surface area contributed by atoms with Crippen molar-refractivity contribution in [2.24, 2.45) is 35.0 Å². The average molecular weight is 593 g/mol. The zero-order chi connectivity index (χ0) is 31.5. The van der Waals surface area contributed by atoms with Crippen molar-refractivity contribution in [2.45, 2.75) is 92.1 Å². The summed E-state index contributed by atoms with van der Waals surface area (Å²) in [6.45, 7) is 16.0. The summed E-state index contributed by atoms with van der Waals surface area (Å²) in [7, 11) is 0. The number of hydrogen-bond acceptors (Lipinski definition) is 8. The number of carbonyl (C=O) groups is 1. The lowest BCUT2D eigenvalue weighted by molar-refractivity contribution is 0.0265. The van der Waals surface area contributed by atoms with Crippen molar-refractivity contribution in [1.29, 1.82) is 0 Å². The van der Waals surface area contributed by atoms with Gasteiger partial charge in [0.1, 0.15) is 6.10 Å². The molecule has 0 spiro atoms. The summed E-state index contributed by atoms with van der Waals surface area (Å²) in [5.41, 5.74) is 3.07. The molecule has 0 bridgehead atoms. The van der Waals surface area contributed by atoms with Crippen LogP contribution in [0.3, 0.4) is 0 Å². The lowest BCUT2D eigenvalue weighted by Gasteiger charge is -2.44. The number of allylic oxidation sites excluding steroid dienone is 6. The number of carbonyl (C=O) groups excluding carboxylic acids is 1. The van der Waals surface area contributed by atoms with Crippen molar-refractivity contribution >= 4 is 17.3 Å². The van der Waals surface area contributed by atoms with Crippen LogP contribution in [0.1, 0.15) is 96.3 Å². The summed E-state index contributed by atoms with van der Waals surface area (Å²) in [5, 5.41) is 40.3. The van der Waals surface area contributed by atoms with Crippen LogP contribution in [0, 0.1) is 45.4 Å². The molecule has 3 aliphatic rings. The smallest absolute Gasteiger partial charge is 0.338 e. The Balaban J connectivity index is 1.46. The normalized spacial score (nSPS) is 29.3. The van der Waals surface area contributed by atoms with Gasteiger partial charge in [-0.3, -0.25) is 10.4 Å². The first-order valence-electron chi connectivity index (χ1n) is 15.7. The van der Waals surface area contributed by atoms with Gasteiger partial charge in [-0.25, -0.2) is 4.79 Å². The van der Waals surface area contributed by atoms with Gasteiger partial charge in [-0.05, 0) is 104 Å². The molecular formula is C35H48N2O6-2. The van der Waals surface area contributed by atoms with Gasteiger partial charge >= 0.3 is 5.97 Å². The van der Waals surface area contributed by atoms with E-state index >= 15 is 0 Å². The fourth-order valence-corrected chi connectivity index (χ4v) is 7.48. The van der Waals surface area contributed by atoms with Crippen LogP contribution < -0.4 is 10.5 Å². The number of esters is 1. The Morgan fingerprint density at radius 3 is 2.44 bits per heavy atom. The highest BCUT2D eigenvalue weighted by molar-refractivity contribution is 5.92. The van der Waals surface area contributed by atoms with Crippen LogP contribution >= 0.6 is 0 Å². The summed E-state index contributed by atoms with van der Waals surface area (Å²) >= 11 is 0. The third kappa shape index (κ3) is 7.60. The topological polar surface area (TPSA) is 119 Å².